The first-order chi connectivity index (χ1) is 12.7. The number of carbonyl (C=O) groups excluding carboxylic acids is 1. The van der Waals surface area contributed by atoms with Gasteiger partial charge in [-0.3, -0.25) is 4.40 Å². The maximum atomic E-state index is 12.9. The molecule has 0 spiro atoms. The molecule has 128 valence electrons. The van der Waals surface area contributed by atoms with Crippen molar-refractivity contribution in [2.24, 2.45) is 0 Å². The van der Waals surface area contributed by atoms with Crippen LogP contribution in [0, 0.1) is 5.82 Å². The number of hydrogen-bond donors (Lipinski definition) is 2. The third kappa shape index (κ3) is 3.36. The molecule has 2 aromatic heterocycles. The summed E-state index contributed by atoms with van der Waals surface area (Å²) in [5.41, 5.74) is 2.74. The van der Waals surface area contributed by atoms with Gasteiger partial charge in [0.1, 0.15) is 5.82 Å². The highest BCUT2D eigenvalue weighted by atomic mass is 19.1. The van der Waals surface area contributed by atoms with E-state index in [0.717, 1.165) is 11.3 Å². The highest BCUT2D eigenvalue weighted by Crippen LogP contribution is 2.22. The number of rotatable bonds is 3. The van der Waals surface area contributed by atoms with E-state index in [2.05, 4.69) is 20.6 Å². The molecule has 0 fully saturated rings. The zero-order chi connectivity index (χ0) is 17.9. The summed E-state index contributed by atoms with van der Waals surface area (Å²) in [7, 11) is 0. The van der Waals surface area contributed by atoms with Crippen LogP contribution in [0.4, 0.5) is 20.6 Å². The van der Waals surface area contributed by atoms with Crippen LogP contribution in [0.2, 0.25) is 0 Å². The van der Waals surface area contributed by atoms with Crippen molar-refractivity contribution in [1.29, 1.82) is 0 Å². The van der Waals surface area contributed by atoms with Gasteiger partial charge in [-0.2, -0.15) is 0 Å². The van der Waals surface area contributed by atoms with Crippen LogP contribution in [0.1, 0.15) is 0 Å². The fraction of sp³-hybridized carbons (Fsp3) is 0. The van der Waals surface area contributed by atoms with E-state index in [-0.39, 0.29) is 5.82 Å². The topological polar surface area (TPSA) is 71.3 Å². The van der Waals surface area contributed by atoms with Crippen LogP contribution >= 0.6 is 0 Å². The maximum absolute atomic E-state index is 12.9. The zero-order valence-electron chi connectivity index (χ0n) is 13.6. The van der Waals surface area contributed by atoms with Gasteiger partial charge in [-0.05, 0) is 42.5 Å². The zero-order valence-corrected chi connectivity index (χ0v) is 13.6. The first kappa shape index (κ1) is 15.8. The first-order valence-electron chi connectivity index (χ1n) is 7.91. The Morgan fingerprint density at radius 1 is 1.00 bits per heavy atom. The predicted octanol–water partition coefficient (Wildman–Crippen LogP) is 4.18. The highest BCUT2D eigenvalue weighted by Gasteiger charge is 2.07. The van der Waals surface area contributed by atoms with Gasteiger partial charge < -0.3 is 10.6 Å². The van der Waals surface area contributed by atoms with E-state index >= 15 is 0 Å². The minimum Gasteiger partial charge on any atom is -0.308 e. The highest BCUT2D eigenvalue weighted by molar-refractivity contribution is 6.00. The summed E-state index contributed by atoms with van der Waals surface area (Å²) in [5.74, 6) is 0.250. The van der Waals surface area contributed by atoms with Gasteiger partial charge in [-0.25, -0.2) is 19.2 Å². The molecule has 7 heteroatoms. The number of imidazole rings is 1. The lowest BCUT2D eigenvalue weighted by Gasteiger charge is -2.08. The molecule has 0 aliphatic heterocycles. The van der Waals surface area contributed by atoms with Gasteiger partial charge in [0.2, 0.25) is 5.78 Å². The number of amides is 2. The fourth-order valence-corrected chi connectivity index (χ4v) is 2.55. The largest absolute Gasteiger partial charge is 0.323 e. The van der Waals surface area contributed by atoms with Crippen LogP contribution in [-0.2, 0) is 0 Å². The Kier molecular flexibility index (Phi) is 4.03. The summed E-state index contributed by atoms with van der Waals surface area (Å²) in [4.78, 5) is 20.8. The summed E-state index contributed by atoms with van der Waals surface area (Å²) in [6.45, 7) is 0. The van der Waals surface area contributed by atoms with Crippen molar-refractivity contribution in [3.63, 3.8) is 0 Å². The Morgan fingerprint density at radius 3 is 2.62 bits per heavy atom. The summed E-state index contributed by atoms with van der Waals surface area (Å²) >= 11 is 0. The fourth-order valence-electron chi connectivity index (χ4n) is 2.55. The molecule has 0 saturated carbocycles. The summed E-state index contributed by atoms with van der Waals surface area (Å²) in [6, 6.07) is 14.3. The Hall–Kier alpha value is -3.74. The molecule has 0 atom stereocenters. The molecule has 4 aromatic rings. The number of halogens is 1. The number of hydrogen-bond acceptors (Lipinski definition) is 3. The molecule has 26 heavy (non-hydrogen) atoms. The van der Waals surface area contributed by atoms with E-state index in [1.54, 1.807) is 12.3 Å². The Labute approximate surface area is 148 Å². The molecule has 0 radical (unpaired) electrons. The lowest BCUT2D eigenvalue weighted by atomic mass is 10.1. The normalized spacial score (nSPS) is 10.7. The minimum absolute atomic E-state index is 0.356. The SMILES string of the molecule is O=C(Nc1ccc(F)cc1)Nc1cccc(-c2cn3cccnc3n2)c1. The van der Waals surface area contributed by atoms with Crippen molar-refractivity contribution in [2.75, 3.05) is 10.6 Å². The second kappa shape index (κ2) is 6.64. The van der Waals surface area contributed by atoms with Gasteiger partial charge in [0, 0.05) is 35.5 Å². The number of fused-ring (bicyclic) bond motifs is 1. The molecule has 2 aromatic carbocycles. The second-order valence-electron chi connectivity index (χ2n) is 5.62. The number of nitrogens with one attached hydrogen (secondary N) is 2. The first-order valence-corrected chi connectivity index (χ1v) is 7.91. The van der Waals surface area contributed by atoms with Crippen molar-refractivity contribution in [2.45, 2.75) is 0 Å². The molecule has 0 unspecified atom stereocenters. The number of urea groups is 1. The molecule has 2 N–H and O–H groups in total. The van der Waals surface area contributed by atoms with Gasteiger partial charge in [0.05, 0.1) is 5.69 Å². The predicted molar refractivity (Wildman–Crippen MR) is 97.5 cm³/mol. The lowest BCUT2D eigenvalue weighted by molar-refractivity contribution is 0.262. The van der Waals surface area contributed by atoms with Crippen LogP contribution in [0.3, 0.4) is 0 Å². The Balaban J connectivity index is 1.51. The molecule has 6 nitrogen and oxygen atoms in total. The van der Waals surface area contributed by atoms with Crippen LogP contribution in [-0.4, -0.2) is 20.4 Å². The third-order valence-corrected chi connectivity index (χ3v) is 3.75. The van der Waals surface area contributed by atoms with E-state index in [1.165, 1.54) is 24.3 Å². The smallest absolute Gasteiger partial charge is 0.308 e. The van der Waals surface area contributed by atoms with Gasteiger partial charge >= 0.3 is 6.03 Å². The van der Waals surface area contributed by atoms with Crippen molar-refractivity contribution in [3.05, 3.63) is 79.0 Å². The Morgan fingerprint density at radius 2 is 1.81 bits per heavy atom. The van der Waals surface area contributed by atoms with E-state index in [9.17, 15) is 9.18 Å². The monoisotopic (exact) mass is 347 g/mol. The quantitative estimate of drug-likeness (QED) is 0.584. The van der Waals surface area contributed by atoms with Crippen LogP contribution in [0.25, 0.3) is 17.0 Å². The summed E-state index contributed by atoms with van der Waals surface area (Å²) in [5, 5.41) is 5.41. The minimum atomic E-state index is -0.412. The number of carbonyl (C=O) groups is 1. The third-order valence-electron chi connectivity index (χ3n) is 3.75. The van der Waals surface area contributed by atoms with Gasteiger partial charge in [-0.1, -0.05) is 12.1 Å². The van der Waals surface area contributed by atoms with Gasteiger partial charge in [-0.15, -0.1) is 0 Å². The molecule has 2 amide bonds. The van der Waals surface area contributed by atoms with E-state index in [4.69, 9.17) is 0 Å². The molecule has 0 aliphatic rings. The lowest BCUT2D eigenvalue weighted by Crippen LogP contribution is -2.19. The van der Waals surface area contributed by atoms with Crippen molar-refractivity contribution in [3.8, 4) is 11.3 Å². The molecular weight excluding hydrogens is 333 g/mol. The summed E-state index contributed by atoms with van der Waals surface area (Å²) < 4.78 is 14.7. The number of benzene rings is 2. The molecule has 2 heterocycles. The van der Waals surface area contributed by atoms with Crippen molar-refractivity contribution in [1.82, 2.24) is 14.4 Å². The second-order valence-corrected chi connectivity index (χ2v) is 5.62. The maximum Gasteiger partial charge on any atom is 0.323 e. The molecular formula is C19H14FN5O. The van der Waals surface area contributed by atoms with Crippen molar-refractivity contribution < 1.29 is 9.18 Å². The number of anilines is 2. The molecule has 0 bridgehead atoms. The van der Waals surface area contributed by atoms with Gasteiger partial charge in [0.25, 0.3) is 0 Å². The standard InChI is InChI=1S/C19H14FN5O/c20-14-5-7-15(8-6-14)22-19(26)23-16-4-1-3-13(11-16)17-12-25-10-2-9-21-18(25)24-17/h1-12H,(H2,22,23,26). The molecule has 4 rings (SSSR count). The van der Waals surface area contributed by atoms with Crippen LogP contribution in [0.5, 0.6) is 0 Å². The average molecular weight is 347 g/mol. The van der Waals surface area contributed by atoms with E-state index in [0.29, 0.717) is 17.2 Å². The van der Waals surface area contributed by atoms with Crippen LogP contribution < -0.4 is 10.6 Å². The van der Waals surface area contributed by atoms with Gasteiger partial charge in [0.15, 0.2) is 0 Å². The number of aromatic nitrogens is 3. The molecule has 0 saturated heterocycles. The van der Waals surface area contributed by atoms with Crippen molar-refractivity contribution >= 4 is 23.2 Å². The number of nitrogens with zero attached hydrogens (tertiary/aromatic N) is 3. The summed E-state index contributed by atoms with van der Waals surface area (Å²) in [6.07, 6.45) is 5.43. The van der Waals surface area contributed by atoms with Crippen LogP contribution in [0.15, 0.2) is 73.2 Å². The van der Waals surface area contributed by atoms with E-state index < -0.39 is 6.03 Å². The Bertz CT molecular complexity index is 1040. The average Bonchev–Trinajstić information content (AvgIpc) is 3.08. The molecule has 0 aliphatic carbocycles. The van der Waals surface area contributed by atoms with E-state index in [1.807, 2.05) is 41.1 Å².